The SMILES string of the molecule is CCOc1nc(-c2ccccc2C)n(-c2cccc(NC(=O)c3ccc(F)cc3)c2)n1. The van der Waals surface area contributed by atoms with Crippen LogP contribution >= 0.6 is 0 Å². The number of aryl methyl sites for hydroxylation is 1. The van der Waals surface area contributed by atoms with Gasteiger partial charge in [0.15, 0.2) is 5.82 Å². The molecule has 4 rings (SSSR count). The first-order chi connectivity index (χ1) is 15.0. The second kappa shape index (κ2) is 8.79. The van der Waals surface area contributed by atoms with E-state index in [1.165, 1.54) is 24.3 Å². The first-order valence-electron chi connectivity index (χ1n) is 9.88. The van der Waals surface area contributed by atoms with Crippen molar-refractivity contribution in [1.29, 1.82) is 0 Å². The highest BCUT2D eigenvalue weighted by Crippen LogP contribution is 2.27. The van der Waals surface area contributed by atoms with Crippen LogP contribution < -0.4 is 10.1 Å². The van der Waals surface area contributed by atoms with E-state index in [2.05, 4.69) is 15.4 Å². The van der Waals surface area contributed by atoms with Crippen LogP contribution in [0, 0.1) is 12.7 Å². The molecular weight excluding hydrogens is 395 g/mol. The predicted octanol–water partition coefficient (Wildman–Crippen LogP) is 5.03. The number of nitrogens with zero attached hydrogens (tertiary/aromatic N) is 3. The van der Waals surface area contributed by atoms with Gasteiger partial charge in [-0.15, -0.1) is 5.10 Å². The van der Waals surface area contributed by atoms with Gasteiger partial charge in [-0.3, -0.25) is 4.79 Å². The number of hydrogen-bond acceptors (Lipinski definition) is 4. The Morgan fingerprint density at radius 3 is 2.58 bits per heavy atom. The summed E-state index contributed by atoms with van der Waals surface area (Å²) in [4.78, 5) is 17.1. The number of carbonyl (C=O) groups excluding carboxylic acids is 1. The Balaban J connectivity index is 1.69. The van der Waals surface area contributed by atoms with Crippen LogP contribution in [0.25, 0.3) is 17.1 Å². The number of anilines is 1. The van der Waals surface area contributed by atoms with E-state index in [0.29, 0.717) is 29.4 Å². The zero-order valence-corrected chi connectivity index (χ0v) is 17.2. The lowest BCUT2D eigenvalue weighted by molar-refractivity contribution is 0.102. The predicted molar refractivity (Wildman–Crippen MR) is 117 cm³/mol. The highest BCUT2D eigenvalue weighted by atomic mass is 19.1. The standard InChI is InChI=1S/C24H21FN4O2/c1-3-31-24-27-22(21-10-5-4-7-16(21)2)29(28-24)20-9-6-8-19(15-20)26-23(30)17-11-13-18(25)14-12-17/h4-15H,3H2,1-2H3,(H,26,30). The monoisotopic (exact) mass is 416 g/mol. The largest absolute Gasteiger partial charge is 0.463 e. The maximum Gasteiger partial charge on any atom is 0.336 e. The van der Waals surface area contributed by atoms with Gasteiger partial charge in [0.1, 0.15) is 5.82 Å². The van der Waals surface area contributed by atoms with Crippen LogP contribution in [0.4, 0.5) is 10.1 Å². The summed E-state index contributed by atoms with van der Waals surface area (Å²) in [5.74, 6) is -0.0769. The van der Waals surface area contributed by atoms with Crippen molar-refractivity contribution in [2.45, 2.75) is 13.8 Å². The summed E-state index contributed by atoms with van der Waals surface area (Å²) >= 11 is 0. The summed E-state index contributed by atoms with van der Waals surface area (Å²) < 4.78 is 20.3. The summed E-state index contributed by atoms with van der Waals surface area (Å²) in [6.07, 6.45) is 0. The zero-order valence-electron chi connectivity index (χ0n) is 17.2. The molecule has 7 heteroatoms. The molecule has 1 heterocycles. The Labute approximate surface area is 179 Å². The topological polar surface area (TPSA) is 69.0 Å². The molecule has 0 saturated carbocycles. The van der Waals surface area contributed by atoms with Gasteiger partial charge in [0.2, 0.25) is 0 Å². The van der Waals surface area contributed by atoms with Gasteiger partial charge in [-0.1, -0.05) is 30.3 Å². The molecule has 0 unspecified atom stereocenters. The second-order valence-electron chi connectivity index (χ2n) is 6.89. The van der Waals surface area contributed by atoms with Crippen molar-refractivity contribution in [3.05, 3.63) is 89.7 Å². The number of nitrogens with one attached hydrogen (secondary N) is 1. The Morgan fingerprint density at radius 1 is 1.06 bits per heavy atom. The highest BCUT2D eigenvalue weighted by molar-refractivity contribution is 6.04. The lowest BCUT2D eigenvalue weighted by Gasteiger charge is -2.10. The Bertz CT molecular complexity index is 1220. The number of hydrogen-bond donors (Lipinski definition) is 1. The number of rotatable bonds is 6. The number of halogens is 1. The van der Waals surface area contributed by atoms with Crippen LogP contribution in [0.3, 0.4) is 0 Å². The van der Waals surface area contributed by atoms with Gasteiger partial charge in [-0.25, -0.2) is 9.07 Å². The van der Waals surface area contributed by atoms with E-state index < -0.39 is 5.82 Å². The molecule has 156 valence electrons. The highest BCUT2D eigenvalue weighted by Gasteiger charge is 2.16. The first-order valence-corrected chi connectivity index (χ1v) is 9.88. The molecule has 31 heavy (non-hydrogen) atoms. The summed E-state index contributed by atoms with van der Waals surface area (Å²) in [7, 11) is 0. The molecule has 1 N–H and O–H groups in total. The zero-order chi connectivity index (χ0) is 21.8. The van der Waals surface area contributed by atoms with Gasteiger partial charge in [0.05, 0.1) is 12.3 Å². The van der Waals surface area contributed by atoms with Crippen molar-refractivity contribution in [3.8, 4) is 23.1 Å². The van der Waals surface area contributed by atoms with Crippen LogP contribution in [0.1, 0.15) is 22.8 Å². The van der Waals surface area contributed by atoms with Crippen molar-refractivity contribution in [2.75, 3.05) is 11.9 Å². The number of ether oxygens (including phenoxy) is 1. The molecular formula is C24H21FN4O2. The summed E-state index contributed by atoms with van der Waals surface area (Å²) in [5.41, 5.74) is 3.65. The molecule has 0 aliphatic rings. The first kappa shape index (κ1) is 20.3. The molecule has 1 aromatic heterocycles. The van der Waals surface area contributed by atoms with E-state index in [1.54, 1.807) is 16.8 Å². The van der Waals surface area contributed by atoms with E-state index in [1.807, 2.05) is 50.2 Å². The molecule has 3 aromatic carbocycles. The molecule has 0 atom stereocenters. The molecule has 4 aromatic rings. The fourth-order valence-electron chi connectivity index (χ4n) is 3.18. The van der Waals surface area contributed by atoms with E-state index in [0.717, 1.165) is 11.1 Å². The van der Waals surface area contributed by atoms with Gasteiger partial charge >= 0.3 is 6.01 Å². The number of amides is 1. The molecule has 0 radical (unpaired) electrons. The van der Waals surface area contributed by atoms with E-state index in [-0.39, 0.29) is 11.9 Å². The van der Waals surface area contributed by atoms with Crippen molar-refractivity contribution >= 4 is 11.6 Å². The molecule has 0 spiro atoms. The second-order valence-corrected chi connectivity index (χ2v) is 6.89. The molecule has 0 aliphatic carbocycles. The van der Waals surface area contributed by atoms with Crippen LogP contribution in [0.15, 0.2) is 72.8 Å². The van der Waals surface area contributed by atoms with Crippen molar-refractivity contribution in [3.63, 3.8) is 0 Å². The normalized spacial score (nSPS) is 10.7. The fraction of sp³-hybridized carbons (Fsp3) is 0.125. The third-order valence-corrected chi connectivity index (χ3v) is 4.70. The van der Waals surface area contributed by atoms with Crippen molar-refractivity contribution in [2.24, 2.45) is 0 Å². The van der Waals surface area contributed by atoms with Crippen LogP contribution in [-0.2, 0) is 0 Å². The van der Waals surface area contributed by atoms with Crippen LogP contribution in [0.2, 0.25) is 0 Å². The molecule has 1 amide bonds. The van der Waals surface area contributed by atoms with Crippen LogP contribution in [0.5, 0.6) is 6.01 Å². The fourth-order valence-corrected chi connectivity index (χ4v) is 3.18. The number of aromatic nitrogens is 3. The van der Waals surface area contributed by atoms with Gasteiger partial charge in [0, 0.05) is 16.8 Å². The number of carbonyl (C=O) groups is 1. The van der Waals surface area contributed by atoms with Crippen molar-refractivity contribution < 1.29 is 13.9 Å². The average Bonchev–Trinajstić information content (AvgIpc) is 3.19. The quantitative estimate of drug-likeness (QED) is 0.479. The van der Waals surface area contributed by atoms with Gasteiger partial charge in [-0.05, 0) is 61.9 Å². The Morgan fingerprint density at radius 2 is 1.84 bits per heavy atom. The third-order valence-electron chi connectivity index (χ3n) is 4.70. The molecule has 0 aliphatic heterocycles. The number of benzene rings is 3. The van der Waals surface area contributed by atoms with Gasteiger partial charge < -0.3 is 10.1 Å². The molecule has 0 fully saturated rings. The summed E-state index contributed by atoms with van der Waals surface area (Å²) in [6.45, 7) is 4.33. The van der Waals surface area contributed by atoms with Gasteiger partial charge in [-0.2, -0.15) is 4.98 Å². The van der Waals surface area contributed by atoms with E-state index >= 15 is 0 Å². The van der Waals surface area contributed by atoms with Crippen LogP contribution in [-0.4, -0.2) is 27.3 Å². The third kappa shape index (κ3) is 4.45. The lowest BCUT2D eigenvalue weighted by atomic mass is 10.1. The Hall–Kier alpha value is -4.00. The molecule has 6 nitrogen and oxygen atoms in total. The van der Waals surface area contributed by atoms with E-state index in [4.69, 9.17) is 4.74 Å². The average molecular weight is 416 g/mol. The Kier molecular flexibility index (Phi) is 5.75. The maximum absolute atomic E-state index is 13.1. The molecule has 0 bridgehead atoms. The minimum atomic E-state index is -0.390. The lowest BCUT2D eigenvalue weighted by Crippen LogP contribution is -2.12. The molecule has 0 saturated heterocycles. The minimum absolute atomic E-state index is 0.279. The summed E-state index contributed by atoms with van der Waals surface area (Å²) in [5, 5.41) is 7.34. The van der Waals surface area contributed by atoms with Crippen molar-refractivity contribution in [1.82, 2.24) is 14.8 Å². The summed E-state index contributed by atoms with van der Waals surface area (Å²) in [6, 6.07) is 20.8. The van der Waals surface area contributed by atoms with Gasteiger partial charge in [0.25, 0.3) is 5.91 Å². The van der Waals surface area contributed by atoms with E-state index in [9.17, 15) is 9.18 Å². The maximum atomic E-state index is 13.1. The smallest absolute Gasteiger partial charge is 0.336 e. The minimum Gasteiger partial charge on any atom is -0.463 e.